The van der Waals surface area contributed by atoms with Gasteiger partial charge in [0.25, 0.3) is 0 Å². The summed E-state index contributed by atoms with van der Waals surface area (Å²) in [6.45, 7) is 5.76. The summed E-state index contributed by atoms with van der Waals surface area (Å²) >= 11 is 0. The van der Waals surface area contributed by atoms with E-state index in [-0.39, 0.29) is 78.1 Å². The third kappa shape index (κ3) is 25.2. The van der Waals surface area contributed by atoms with Gasteiger partial charge in [-0.15, -0.1) is 0 Å². The molecule has 0 aliphatic rings. The first-order chi connectivity index (χ1) is 16.4. The summed E-state index contributed by atoms with van der Waals surface area (Å²) in [4.78, 5) is 78.7. The molecule has 0 saturated carbocycles. The van der Waals surface area contributed by atoms with E-state index in [4.69, 9.17) is 0 Å². The second-order valence-electron chi connectivity index (χ2n) is 6.40. The van der Waals surface area contributed by atoms with Gasteiger partial charge in [0, 0.05) is 23.7 Å². The monoisotopic (exact) mass is 700 g/mol. The topological polar surface area (TPSA) is 321 Å². The maximum Gasteiger partial charge on any atom is 4.00 e. The Bertz CT molecular complexity index is 599. The molecule has 0 aromatic carbocycles. The Kier molecular flexibility index (Phi) is 35.2. The van der Waals surface area contributed by atoms with Crippen molar-refractivity contribution in [3.63, 3.8) is 0 Å². The zero-order valence-corrected chi connectivity index (χ0v) is 25.6. The number of hydrogen-bond donors (Lipinski definition) is 0. The molecule has 0 amide bonds. The third-order valence-electron chi connectivity index (χ3n) is 3.91. The normalized spacial score (nSPS) is 9.05. The van der Waals surface area contributed by atoms with Crippen molar-refractivity contribution >= 4 is 47.8 Å². The molecule has 0 saturated heterocycles. The fourth-order valence-corrected chi connectivity index (χ4v) is 1.72. The smallest absolute Gasteiger partial charge is 0.549 e. The second kappa shape index (κ2) is 27.6. The number of rotatable bonds is 12. The molecule has 18 heteroatoms. The summed E-state index contributed by atoms with van der Waals surface area (Å²) in [6, 6.07) is 0. The quantitative estimate of drug-likeness (QED) is 0.170. The fourth-order valence-electron chi connectivity index (χ4n) is 1.72. The van der Waals surface area contributed by atoms with Gasteiger partial charge in [0.2, 0.25) is 0 Å². The molecule has 0 bridgehead atoms. The van der Waals surface area contributed by atoms with Gasteiger partial charge in [-0.2, -0.15) is 0 Å². The average Bonchev–Trinajstić information content (AvgIpc) is 2.69. The molecule has 0 aliphatic heterocycles. The number of carbonyl (C=O) groups is 8. The molecule has 0 N–H and O–H groups in total. The van der Waals surface area contributed by atoms with E-state index < -0.39 is 71.4 Å². The predicted octanol–water partition coefficient (Wildman–Crippen LogP) is -9.96. The maximum atomic E-state index is 9.84. The Morgan fingerprint density at radius 1 is 0.342 bits per heavy atom. The van der Waals surface area contributed by atoms with E-state index in [1.54, 1.807) is 0 Å². The second-order valence-corrected chi connectivity index (χ2v) is 6.40. The zero-order chi connectivity index (χ0) is 29.8. The summed E-state index contributed by atoms with van der Waals surface area (Å²) in [7, 11) is 0. The van der Waals surface area contributed by atoms with Gasteiger partial charge in [-0.3, -0.25) is 0 Å². The van der Waals surface area contributed by atoms with Gasteiger partial charge in [-0.1, -0.05) is 27.7 Å². The van der Waals surface area contributed by atoms with E-state index in [9.17, 15) is 79.2 Å². The molecule has 0 heterocycles. The van der Waals surface area contributed by atoms with E-state index in [1.165, 1.54) is 27.7 Å². The van der Waals surface area contributed by atoms with E-state index in [0.717, 1.165) is 0 Å². The molecule has 38 heavy (non-hydrogen) atoms. The Hall–Kier alpha value is -2.47. The van der Waals surface area contributed by atoms with E-state index in [2.05, 4.69) is 0 Å². The van der Waals surface area contributed by atoms with Crippen LogP contribution in [0.25, 0.3) is 0 Å². The van der Waals surface area contributed by atoms with Gasteiger partial charge in [-0.05, 0) is 25.7 Å². The van der Waals surface area contributed by atoms with Crippen molar-refractivity contribution in [3.8, 4) is 0 Å². The molecule has 0 spiro atoms. The zero-order valence-electron chi connectivity index (χ0n) is 20.7. The molecule has 0 aliphatic carbocycles. The molecular weight excluding hydrogens is 679 g/mol. The van der Waals surface area contributed by atoms with Gasteiger partial charge >= 0.3 is 52.4 Å². The number of hydrogen-bond acceptors (Lipinski definition) is 16. The van der Waals surface area contributed by atoms with E-state index in [0.29, 0.717) is 0 Å². The van der Waals surface area contributed by atoms with Gasteiger partial charge in [0.15, 0.2) is 0 Å². The Morgan fingerprint density at radius 3 is 0.421 bits per heavy atom. The van der Waals surface area contributed by atoms with Crippen molar-refractivity contribution < 1.29 is 132 Å². The van der Waals surface area contributed by atoms with Crippen LogP contribution >= 0.6 is 0 Å². The van der Waals surface area contributed by atoms with E-state index in [1.807, 2.05) is 0 Å². The minimum atomic E-state index is -1.59. The van der Waals surface area contributed by atoms with Crippen LogP contribution in [-0.4, -0.2) is 47.8 Å². The average molecular weight is 703 g/mol. The molecule has 16 nitrogen and oxygen atoms in total. The molecule has 0 unspecified atom stereocenters. The van der Waals surface area contributed by atoms with Crippen molar-refractivity contribution in [1.29, 1.82) is 0 Å². The van der Waals surface area contributed by atoms with Gasteiger partial charge < -0.3 is 79.2 Å². The number of carboxylic acids is 8. The van der Waals surface area contributed by atoms with Crippen LogP contribution in [0.3, 0.4) is 0 Å². The summed E-state index contributed by atoms with van der Waals surface area (Å²) < 4.78 is 0. The Labute approximate surface area is 255 Å². The van der Waals surface area contributed by atoms with Gasteiger partial charge in [-0.25, -0.2) is 0 Å². The maximum absolute atomic E-state index is 9.84. The molecular formula is C20H24O16Zr2. The van der Waals surface area contributed by atoms with Crippen LogP contribution in [0, 0.1) is 23.7 Å². The molecule has 0 radical (unpaired) electrons. The van der Waals surface area contributed by atoms with Crippen LogP contribution in [0.5, 0.6) is 0 Å². The molecule has 0 atom stereocenters. The van der Waals surface area contributed by atoms with Crippen LogP contribution in [0.1, 0.15) is 53.4 Å². The van der Waals surface area contributed by atoms with Gasteiger partial charge in [0.1, 0.15) is 0 Å². The first-order valence-corrected chi connectivity index (χ1v) is 10.0. The van der Waals surface area contributed by atoms with Crippen molar-refractivity contribution in [3.05, 3.63) is 0 Å². The van der Waals surface area contributed by atoms with Crippen LogP contribution < -0.4 is 40.9 Å². The first kappa shape index (κ1) is 48.6. The minimum absolute atomic E-state index is 0. The molecule has 208 valence electrons. The summed E-state index contributed by atoms with van der Waals surface area (Å²) in [6.07, 6.45) is 0.0185. The largest absolute Gasteiger partial charge is 4.00 e. The predicted molar refractivity (Wildman–Crippen MR) is 95.2 cm³/mol. The summed E-state index contributed by atoms with van der Waals surface area (Å²) in [5.74, 6) is -18.6. The van der Waals surface area contributed by atoms with Crippen molar-refractivity contribution in [2.45, 2.75) is 53.4 Å². The van der Waals surface area contributed by atoms with E-state index >= 15 is 0 Å². The molecule has 0 aromatic rings. The first-order valence-electron chi connectivity index (χ1n) is 10.0. The van der Waals surface area contributed by atoms with Crippen LogP contribution in [-0.2, 0) is 90.8 Å². The number of carboxylic acid groups (broad SMARTS) is 8. The Balaban J connectivity index is -0.0000000883. The number of carbonyl (C=O) groups excluding carboxylic acids is 8. The van der Waals surface area contributed by atoms with Crippen molar-refractivity contribution in [2.24, 2.45) is 23.7 Å². The SMILES string of the molecule is CCC(C(=O)[O-])C(=O)[O-].CCC(C(=O)[O-])C(=O)[O-].CCC(C(=O)[O-])C(=O)[O-].CCC(C(=O)[O-])C(=O)[O-].[Zr+4].[Zr+4]. The molecule has 0 rings (SSSR count). The van der Waals surface area contributed by atoms with Crippen LogP contribution in [0.15, 0.2) is 0 Å². The standard InChI is InChI=1S/4C5H8O4.2Zr/c4*1-2-3(4(6)7)5(8)9;;/h4*3H,2H2,1H3,(H,6,7)(H,8,9);;/q;;;;2*+4/p-8. The Morgan fingerprint density at radius 2 is 0.421 bits per heavy atom. The van der Waals surface area contributed by atoms with Crippen molar-refractivity contribution in [1.82, 2.24) is 0 Å². The van der Waals surface area contributed by atoms with Crippen LogP contribution in [0.4, 0.5) is 0 Å². The number of aliphatic carboxylic acids is 8. The fraction of sp³-hybridized carbons (Fsp3) is 0.600. The molecule has 0 aromatic heterocycles. The summed E-state index contributed by atoms with van der Waals surface area (Å²) in [5.41, 5.74) is 0. The van der Waals surface area contributed by atoms with Crippen molar-refractivity contribution in [2.75, 3.05) is 0 Å². The minimum Gasteiger partial charge on any atom is -0.549 e. The van der Waals surface area contributed by atoms with Gasteiger partial charge in [0.05, 0.1) is 47.8 Å². The molecule has 0 fully saturated rings. The van der Waals surface area contributed by atoms with Crippen LogP contribution in [0.2, 0.25) is 0 Å². The third-order valence-corrected chi connectivity index (χ3v) is 3.91. The summed E-state index contributed by atoms with van der Waals surface area (Å²) in [5, 5.41) is 78.7.